The van der Waals surface area contributed by atoms with Gasteiger partial charge in [-0.3, -0.25) is 4.40 Å². The van der Waals surface area contributed by atoms with E-state index in [1.54, 1.807) is 6.20 Å². The van der Waals surface area contributed by atoms with E-state index >= 15 is 0 Å². The van der Waals surface area contributed by atoms with Gasteiger partial charge in [-0.1, -0.05) is 0 Å². The lowest BCUT2D eigenvalue weighted by atomic mass is 10.2. The van der Waals surface area contributed by atoms with Crippen molar-refractivity contribution in [2.24, 2.45) is 0 Å². The maximum Gasteiger partial charge on any atom is 0.336 e. The predicted molar refractivity (Wildman–Crippen MR) is 69.5 cm³/mol. The Kier molecular flexibility index (Phi) is 3.23. The Morgan fingerprint density at radius 2 is 2.35 bits per heavy atom. The van der Waals surface area contributed by atoms with E-state index < -0.39 is 6.10 Å². The average Bonchev–Trinajstić information content (AvgIpc) is 2.88. The molecule has 0 amide bonds. The zero-order valence-corrected chi connectivity index (χ0v) is 11.3. The number of anilines is 1. The van der Waals surface area contributed by atoms with Gasteiger partial charge in [0.1, 0.15) is 5.82 Å². The standard InChI is InChI=1S/C12H15N5O3/c1-8-14-15-11-10(13-3-4-17(8)11)16-5-6-20-9(7-16)12(18)19-2/h3-4,9H,5-7H2,1-2H3. The van der Waals surface area contributed by atoms with E-state index in [-0.39, 0.29) is 5.97 Å². The Bertz CT molecular complexity index is 641. The molecule has 0 aromatic carbocycles. The summed E-state index contributed by atoms with van der Waals surface area (Å²) in [6.45, 7) is 3.35. The van der Waals surface area contributed by atoms with Gasteiger partial charge in [0.2, 0.25) is 5.65 Å². The van der Waals surface area contributed by atoms with Gasteiger partial charge in [-0.25, -0.2) is 9.78 Å². The number of aromatic nitrogens is 4. The van der Waals surface area contributed by atoms with Gasteiger partial charge in [0, 0.05) is 18.9 Å². The maximum absolute atomic E-state index is 11.6. The molecule has 0 aliphatic carbocycles. The molecule has 1 saturated heterocycles. The van der Waals surface area contributed by atoms with Crippen molar-refractivity contribution in [3.05, 3.63) is 18.2 Å². The van der Waals surface area contributed by atoms with Gasteiger partial charge in [0.15, 0.2) is 11.9 Å². The van der Waals surface area contributed by atoms with Crippen LogP contribution in [-0.4, -0.2) is 58.5 Å². The molecule has 0 saturated carbocycles. The van der Waals surface area contributed by atoms with Crippen LogP contribution in [0.4, 0.5) is 5.82 Å². The fraction of sp³-hybridized carbons (Fsp3) is 0.500. The summed E-state index contributed by atoms with van der Waals surface area (Å²) in [6, 6.07) is 0. The van der Waals surface area contributed by atoms with Gasteiger partial charge in [-0.15, -0.1) is 10.2 Å². The molecule has 0 radical (unpaired) electrons. The van der Waals surface area contributed by atoms with E-state index in [9.17, 15) is 4.79 Å². The third kappa shape index (κ3) is 2.07. The first-order valence-electron chi connectivity index (χ1n) is 6.31. The number of rotatable bonds is 2. The number of nitrogens with zero attached hydrogens (tertiary/aromatic N) is 5. The van der Waals surface area contributed by atoms with Crippen LogP contribution in [0.25, 0.3) is 5.65 Å². The summed E-state index contributed by atoms with van der Waals surface area (Å²) in [5.41, 5.74) is 0.676. The van der Waals surface area contributed by atoms with Crippen LogP contribution in [0.1, 0.15) is 5.82 Å². The molecular formula is C12H15N5O3. The number of carbonyl (C=O) groups is 1. The second-order valence-electron chi connectivity index (χ2n) is 4.52. The van der Waals surface area contributed by atoms with Crippen molar-refractivity contribution in [3.8, 4) is 0 Å². The summed E-state index contributed by atoms with van der Waals surface area (Å²) in [5, 5.41) is 8.18. The second-order valence-corrected chi connectivity index (χ2v) is 4.52. The zero-order chi connectivity index (χ0) is 14.1. The molecule has 2 aromatic rings. The van der Waals surface area contributed by atoms with Crippen LogP contribution in [0.15, 0.2) is 12.4 Å². The number of morpholine rings is 1. The fourth-order valence-electron chi connectivity index (χ4n) is 2.27. The Labute approximate surface area is 115 Å². The normalized spacial score (nSPS) is 19.3. The van der Waals surface area contributed by atoms with Crippen molar-refractivity contribution < 1.29 is 14.3 Å². The van der Waals surface area contributed by atoms with Crippen molar-refractivity contribution in [1.29, 1.82) is 0 Å². The zero-order valence-electron chi connectivity index (χ0n) is 11.3. The number of ether oxygens (including phenoxy) is 2. The minimum atomic E-state index is -0.597. The molecule has 20 heavy (non-hydrogen) atoms. The highest BCUT2D eigenvalue weighted by atomic mass is 16.6. The first-order chi connectivity index (χ1) is 9.70. The highest BCUT2D eigenvalue weighted by Crippen LogP contribution is 2.20. The van der Waals surface area contributed by atoms with Gasteiger partial charge in [0.05, 0.1) is 20.3 Å². The first-order valence-corrected chi connectivity index (χ1v) is 6.31. The van der Waals surface area contributed by atoms with Crippen LogP contribution >= 0.6 is 0 Å². The van der Waals surface area contributed by atoms with Crippen molar-refractivity contribution in [1.82, 2.24) is 19.6 Å². The smallest absolute Gasteiger partial charge is 0.336 e. The Morgan fingerprint density at radius 1 is 1.50 bits per heavy atom. The Balaban J connectivity index is 1.92. The number of carbonyl (C=O) groups excluding carboxylic acids is 1. The van der Waals surface area contributed by atoms with E-state index in [0.717, 1.165) is 5.82 Å². The third-order valence-electron chi connectivity index (χ3n) is 3.31. The monoisotopic (exact) mass is 277 g/mol. The Morgan fingerprint density at radius 3 is 3.15 bits per heavy atom. The predicted octanol–water partition coefficient (Wildman–Crippen LogP) is -0.189. The molecule has 3 heterocycles. The number of esters is 1. The Hall–Kier alpha value is -2.22. The fourth-order valence-corrected chi connectivity index (χ4v) is 2.27. The summed E-state index contributed by atoms with van der Waals surface area (Å²) in [7, 11) is 1.35. The first kappa shape index (κ1) is 12.8. The molecule has 0 N–H and O–H groups in total. The minimum Gasteiger partial charge on any atom is -0.467 e. The van der Waals surface area contributed by atoms with E-state index in [0.29, 0.717) is 31.2 Å². The van der Waals surface area contributed by atoms with E-state index in [2.05, 4.69) is 15.2 Å². The van der Waals surface area contributed by atoms with Crippen molar-refractivity contribution in [2.75, 3.05) is 31.7 Å². The van der Waals surface area contributed by atoms with E-state index in [1.165, 1.54) is 7.11 Å². The molecule has 8 nitrogen and oxygen atoms in total. The SMILES string of the molecule is COC(=O)C1CN(c2nccn3c(C)nnc23)CCO1. The van der Waals surface area contributed by atoms with Crippen LogP contribution in [-0.2, 0) is 14.3 Å². The largest absolute Gasteiger partial charge is 0.467 e. The molecule has 106 valence electrons. The number of aryl methyl sites for hydroxylation is 1. The highest BCUT2D eigenvalue weighted by molar-refractivity contribution is 5.76. The summed E-state index contributed by atoms with van der Waals surface area (Å²) in [6.07, 6.45) is 2.91. The van der Waals surface area contributed by atoms with Gasteiger partial charge in [0.25, 0.3) is 0 Å². The summed E-state index contributed by atoms with van der Waals surface area (Å²) in [4.78, 5) is 17.9. The molecule has 0 bridgehead atoms. The lowest BCUT2D eigenvalue weighted by Crippen LogP contribution is -2.47. The number of hydrogen-bond acceptors (Lipinski definition) is 7. The van der Waals surface area contributed by atoms with Gasteiger partial charge in [-0.05, 0) is 6.92 Å². The number of fused-ring (bicyclic) bond motifs is 1. The topological polar surface area (TPSA) is 81.9 Å². The van der Waals surface area contributed by atoms with Gasteiger partial charge < -0.3 is 14.4 Å². The van der Waals surface area contributed by atoms with Crippen LogP contribution in [0, 0.1) is 6.92 Å². The maximum atomic E-state index is 11.6. The number of hydrogen-bond donors (Lipinski definition) is 0. The lowest BCUT2D eigenvalue weighted by molar-refractivity contribution is -0.154. The van der Waals surface area contributed by atoms with Gasteiger partial charge >= 0.3 is 5.97 Å². The van der Waals surface area contributed by atoms with Crippen LogP contribution in [0.5, 0.6) is 0 Å². The molecule has 2 aromatic heterocycles. The molecule has 1 aliphatic rings. The molecule has 1 fully saturated rings. The van der Waals surface area contributed by atoms with E-state index in [1.807, 2.05) is 22.4 Å². The molecule has 8 heteroatoms. The van der Waals surface area contributed by atoms with Crippen molar-refractivity contribution >= 4 is 17.4 Å². The van der Waals surface area contributed by atoms with Crippen molar-refractivity contribution in [3.63, 3.8) is 0 Å². The molecule has 1 atom stereocenters. The van der Waals surface area contributed by atoms with Crippen LogP contribution in [0.3, 0.4) is 0 Å². The van der Waals surface area contributed by atoms with Crippen molar-refractivity contribution in [2.45, 2.75) is 13.0 Å². The quantitative estimate of drug-likeness (QED) is 0.704. The summed E-state index contributed by atoms with van der Waals surface area (Å²) in [5.74, 6) is 1.12. The summed E-state index contributed by atoms with van der Waals surface area (Å²) < 4.78 is 12.0. The minimum absolute atomic E-state index is 0.376. The van der Waals surface area contributed by atoms with E-state index in [4.69, 9.17) is 9.47 Å². The molecule has 1 unspecified atom stereocenters. The number of methoxy groups -OCH3 is 1. The molecule has 1 aliphatic heterocycles. The highest BCUT2D eigenvalue weighted by Gasteiger charge is 2.29. The lowest BCUT2D eigenvalue weighted by Gasteiger charge is -2.32. The van der Waals surface area contributed by atoms with Crippen LogP contribution < -0.4 is 4.90 Å². The molecular weight excluding hydrogens is 262 g/mol. The third-order valence-corrected chi connectivity index (χ3v) is 3.31. The van der Waals surface area contributed by atoms with Crippen LogP contribution in [0.2, 0.25) is 0 Å². The van der Waals surface area contributed by atoms with Gasteiger partial charge in [-0.2, -0.15) is 0 Å². The average molecular weight is 277 g/mol. The molecule has 3 rings (SSSR count). The summed E-state index contributed by atoms with van der Waals surface area (Å²) >= 11 is 0. The molecule has 0 spiro atoms. The second kappa shape index (κ2) is 5.04.